The topological polar surface area (TPSA) is 15.3 Å². The van der Waals surface area contributed by atoms with E-state index in [-0.39, 0.29) is 5.54 Å². The van der Waals surface area contributed by atoms with Crippen molar-refractivity contribution in [1.82, 2.24) is 10.2 Å². The molecule has 1 rings (SSSR count). The van der Waals surface area contributed by atoms with Crippen molar-refractivity contribution < 1.29 is 0 Å². The summed E-state index contributed by atoms with van der Waals surface area (Å²) in [5.41, 5.74) is 1.50. The first kappa shape index (κ1) is 14.7. The number of likely N-dealkylation sites (N-methyl/N-ethyl adjacent to an activating group) is 1. The average molecular weight is 238 g/mol. The van der Waals surface area contributed by atoms with Crippen molar-refractivity contribution in [2.75, 3.05) is 26.2 Å². The lowest BCUT2D eigenvalue weighted by Crippen LogP contribution is -2.40. The summed E-state index contributed by atoms with van der Waals surface area (Å²) in [6.07, 6.45) is 4.31. The molecule has 1 fully saturated rings. The molecule has 0 radical (unpaired) electrons. The van der Waals surface area contributed by atoms with Crippen LogP contribution in [-0.2, 0) is 0 Å². The van der Waals surface area contributed by atoms with E-state index in [4.69, 9.17) is 0 Å². The van der Waals surface area contributed by atoms with Crippen LogP contribution in [0, 0.1) is 5.92 Å². The van der Waals surface area contributed by atoms with Gasteiger partial charge in [0.1, 0.15) is 0 Å². The van der Waals surface area contributed by atoms with Gasteiger partial charge in [0.05, 0.1) is 0 Å². The Bertz CT molecular complexity index is 236. The van der Waals surface area contributed by atoms with Gasteiger partial charge in [-0.15, -0.1) is 0 Å². The third-order valence-corrected chi connectivity index (χ3v) is 3.50. The van der Waals surface area contributed by atoms with Crippen LogP contribution in [-0.4, -0.2) is 36.6 Å². The summed E-state index contributed by atoms with van der Waals surface area (Å²) >= 11 is 0. The molecule has 0 spiro atoms. The maximum Gasteiger partial charge on any atom is 0.0202 e. The lowest BCUT2D eigenvalue weighted by Gasteiger charge is -2.32. The Morgan fingerprint density at radius 3 is 2.41 bits per heavy atom. The zero-order chi connectivity index (χ0) is 12.9. The van der Waals surface area contributed by atoms with E-state index in [1.807, 2.05) is 0 Å². The molecule has 0 aromatic heterocycles. The van der Waals surface area contributed by atoms with Gasteiger partial charge in [0, 0.05) is 25.2 Å². The highest BCUT2D eigenvalue weighted by Gasteiger charge is 2.20. The van der Waals surface area contributed by atoms with Crippen LogP contribution < -0.4 is 5.32 Å². The average Bonchev–Trinajstić information content (AvgIpc) is 2.17. The standard InChI is InChI=1S/C15H30N2/c1-6-17(12-14-8-7-9-14)11-13(2)10-16-15(3,4)5/h14,16H,2,6-12H2,1,3-5H3. The monoisotopic (exact) mass is 238 g/mol. The van der Waals surface area contributed by atoms with Crippen molar-refractivity contribution in [3.8, 4) is 0 Å². The van der Waals surface area contributed by atoms with Gasteiger partial charge in [-0.2, -0.15) is 0 Å². The third-order valence-electron chi connectivity index (χ3n) is 3.50. The highest BCUT2D eigenvalue weighted by molar-refractivity contribution is 5.01. The van der Waals surface area contributed by atoms with Crippen molar-refractivity contribution in [3.05, 3.63) is 12.2 Å². The van der Waals surface area contributed by atoms with E-state index in [0.29, 0.717) is 0 Å². The molecule has 0 saturated heterocycles. The number of nitrogens with one attached hydrogen (secondary N) is 1. The molecule has 2 nitrogen and oxygen atoms in total. The molecule has 1 aliphatic carbocycles. The van der Waals surface area contributed by atoms with Crippen molar-refractivity contribution in [2.24, 2.45) is 5.92 Å². The molecule has 1 saturated carbocycles. The Hall–Kier alpha value is -0.340. The van der Waals surface area contributed by atoms with Crippen molar-refractivity contribution in [2.45, 2.75) is 52.5 Å². The summed E-state index contributed by atoms with van der Waals surface area (Å²) in [7, 11) is 0. The van der Waals surface area contributed by atoms with Crippen molar-refractivity contribution >= 4 is 0 Å². The van der Waals surface area contributed by atoms with Crippen LogP contribution in [0.15, 0.2) is 12.2 Å². The van der Waals surface area contributed by atoms with E-state index in [1.165, 1.54) is 31.4 Å². The summed E-state index contributed by atoms with van der Waals surface area (Å²) in [6.45, 7) is 17.4. The molecule has 0 aromatic rings. The summed E-state index contributed by atoms with van der Waals surface area (Å²) in [6, 6.07) is 0. The van der Waals surface area contributed by atoms with Crippen molar-refractivity contribution in [1.29, 1.82) is 0 Å². The fourth-order valence-electron chi connectivity index (χ4n) is 2.11. The zero-order valence-electron chi connectivity index (χ0n) is 12.2. The first-order chi connectivity index (χ1) is 7.90. The van der Waals surface area contributed by atoms with Crippen LogP contribution in [0.5, 0.6) is 0 Å². The van der Waals surface area contributed by atoms with Crippen LogP contribution in [0.1, 0.15) is 47.0 Å². The fraction of sp³-hybridized carbons (Fsp3) is 0.867. The minimum atomic E-state index is 0.188. The number of hydrogen-bond donors (Lipinski definition) is 1. The minimum absolute atomic E-state index is 0.188. The molecule has 100 valence electrons. The fourth-order valence-corrected chi connectivity index (χ4v) is 2.11. The lowest BCUT2D eigenvalue weighted by molar-refractivity contribution is 0.193. The molecule has 2 heteroatoms. The predicted octanol–water partition coefficient (Wildman–Crippen LogP) is 3.05. The second kappa shape index (κ2) is 6.55. The van der Waals surface area contributed by atoms with Crippen LogP contribution in [0.3, 0.4) is 0 Å². The first-order valence-corrected chi connectivity index (χ1v) is 7.04. The summed E-state index contributed by atoms with van der Waals surface area (Å²) in [5.74, 6) is 0.957. The molecule has 1 aliphatic rings. The number of nitrogens with zero attached hydrogens (tertiary/aromatic N) is 1. The molecular formula is C15H30N2. The summed E-state index contributed by atoms with van der Waals surface area (Å²) in [5, 5.41) is 3.51. The molecule has 17 heavy (non-hydrogen) atoms. The number of rotatable bonds is 7. The predicted molar refractivity (Wildman–Crippen MR) is 76.4 cm³/mol. The van der Waals surface area contributed by atoms with Crippen LogP contribution in [0.25, 0.3) is 0 Å². The van der Waals surface area contributed by atoms with Gasteiger partial charge in [0.25, 0.3) is 0 Å². The molecule has 0 unspecified atom stereocenters. The molecular weight excluding hydrogens is 208 g/mol. The highest BCUT2D eigenvalue weighted by Crippen LogP contribution is 2.27. The SMILES string of the molecule is C=C(CNC(C)(C)C)CN(CC)CC1CCC1. The molecule has 0 atom stereocenters. The van der Waals surface area contributed by atoms with Gasteiger partial charge in [-0.25, -0.2) is 0 Å². The van der Waals surface area contributed by atoms with Gasteiger partial charge in [0.15, 0.2) is 0 Å². The van der Waals surface area contributed by atoms with Gasteiger partial charge in [-0.3, -0.25) is 4.90 Å². The van der Waals surface area contributed by atoms with Crippen LogP contribution in [0.4, 0.5) is 0 Å². The number of hydrogen-bond acceptors (Lipinski definition) is 2. The first-order valence-electron chi connectivity index (χ1n) is 7.04. The molecule has 0 amide bonds. The van der Waals surface area contributed by atoms with Gasteiger partial charge in [-0.1, -0.05) is 19.9 Å². The molecule has 1 N–H and O–H groups in total. The van der Waals surface area contributed by atoms with E-state index < -0.39 is 0 Å². The Morgan fingerprint density at radius 1 is 1.35 bits per heavy atom. The van der Waals surface area contributed by atoms with Gasteiger partial charge < -0.3 is 5.32 Å². The summed E-state index contributed by atoms with van der Waals surface area (Å²) in [4.78, 5) is 2.54. The van der Waals surface area contributed by atoms with E-state index in [9.17, 15) is 0 Å². The minimum Gasteiger partial charge on any atom is -0.308 e. The normalized spacial score (nSPS) is 17.2. The highest BCUT2D eigenvalue weighted by atomic mass is 15.1. The zero-order valence-corrected chi connectivity index (χ0v) is 12.2. The maximum absolute atomic E-state index is 4.19. The Labute approximate surface area is 107 Å². The largest absolute Gasteiger partial charge is 0.308 e. The molecule has 0 aromatic carbocycles. The van der Waals surface area contributed by atoms with Crippen molar-refractivity contribution in [3.63, 3.8) is 0 Å². The third kappa shape index (κ3) is 6.23. The second-order valence-electron chi connectivity index (χ2n) is 6.48. The lowest BCUT2D eigenvalue weighted by atomic mass is 9.85. The van der Waals surface area contributed by atoms with Gasteiger partial charge >= 0.3 is 0 Å². The molecule has 0 heterocycles. The van der Waals surface area contributed by atoms with Gasteiger partial charge in [0.2, 0.25) is 0 Å². The van der Waals surface area contributed by atoms with E-state index >= 15 is 0 Å². The molecule has 0 bridgehead atoms. The Balaban J connectivity index is 2.22. The Kier molecular flexibility index (Phi) is 5.68. The summed E-state index contributed by atoms with van der Waals surface area (Å²) < 4.78 is 0. The van der Waals surface area contributed by atoms with Crippen LogP contribution in [0.2, 0.25) is 0 Å². The molecule has 0 aliphatic heterocycles. The van der Waals surface area contributed by atoms with Gasteiger partial charge in [-0.05, 0) is 51.6 Å². The van der Waals surface area contributed by atoms with E-state index in [1.54, 1.807) is 0 Å². The maximum atomic E-state index is 4.19. The van der Waals surface area contributed by atoms with E-state index in [2.05, 4.69) is 44.5 Å². The van der Waals surface area contributed by atoms with Crippen LogP contribution >= 0.6 is 0 Å². The second-order valence-corrected chi connectivity index (χ2v) is 6.48. The smallest absolute Gasteiger partial charge is 0.0202 e. The Morgan fingerprint density at radius 2 is 2.00 bits per heavy atom. The quantitative estimate of drug-likeness (QED) is 0.686. The van der Waals surface area contributed by atoms with E-state index in [0.717, 1.165) is 25.6 Å².